The van der Waals surface area contributed by atoms with E-state index in [1.54, 1.807) is 28.8 Å². The van der Waals surface area contributed by atoms with Gasteiger partial charge in [-0.3, -0.25) is 9.48 Å². The van der Waals surface area contributed by atoms with Crippen molar-refractivity contribution in [1.29, 1.82) is 0 Å². The summed E-state index contributed by atoms with van der Waals surface area (Å²) >= 11 is 0. The minimum Gasteiger partial charge on any atom is -0.322 e. The summed E-state index contributed by atoms with van der Waals surface area (Å²) in [7, 11) is 1.80. The average Bonchev–Trinajstić information content (AvgIpc) is 2.76. The Balaban J connectivity index is 2.22. The zero-order valence-electron chi connectivity index (χ0n) is 7.66. The molecule has 0 aliphatic carbocycles. The van der Waals surface area contributed by atoms with E-state index >= 15 is 0 Å². The van der Waals surface area contributed by atoms with E-state index in [1.807, 2.05) is 0 Å². The van der Waals surface area contributed by atoms with Crippen molar-refractivity contribution >= 4 is 6.29 Å². The van der Waals surface area contributed by atoms with Crippen LogP contribution >= 0.6 is 0 Å². The zero-order valence-corrected chi connectivity index (χ0v) is 7.66. The number of rotatable bonds is 3. The molecular formula is C8H9N5O. The van der Waals surface area contributed by atoms with Crippen LogP contribution in [0, 0.1) is 0 Å². The number of carbonyl (C=O) groups excluding carboxylic acids is 1. The van der Waals surface area contributed by atoms with Crippen molar-refractivity contribution in [3.63, 3.8) is 0 Å². The molecule has 72 valence electrons. The number of carbonyl (C=O) groups is 1. The van der Waals surface area contributed by atoms with Gasteiger partial charge in [-0.05, 0) is 0 Å². The largest absolute Gasteiger partial charge is 0.322 e. The highest BCUT2D eigenvalue weighted by Crippen LogP contribution is 2.00. The summed E-state index contributed by atoms with van der Waals surface area (Å²) in [5.74, 6) is 0. The maximum absolute atomic E-state index is 10.6. The number of aryl methyl sites for hydroxylation is 1. The van der Waals surface area contributed by atoms with Crippen LogP contribution in [0.4, 0.5) is 0 Å². The van der Waals surface area contributed by atoms with Gasteiger partial charge in [-0.1, -0.05) is 5.21 Å². The van der Waals surface area contributed by atoms with E-state index in [9.17, 15) is 4.79 Å². The fourth-order valence-corrected chi connectivity index (χ4v) is 1.20. The Kier molecular flexibility index (Phi) is 2.10. The molecule has 0 amide bonds. The predicted octanol–water partition coefficient (Wildman–Crippen LogP) is -0.128. The second-order valence-electron chi connectivity index (χ2n) is 2.95. The van der Waals surface area contributed by atoms with Crippen LogP contribution in [0.1, 0.15) is 16.2 Å². The minimum atomic E-state index is 0.516. The Morgan fingerprint density at radius 2 is 2.43 bits per heavy atom. The van der Waals surface area contributed by atoms with E-state index in [-0.39, 0.29) is 0 Å². The first kappa shape index (κ1) is 8.61. The van der Waals surface area contributed by atoms with Crippen LogP contribution in [0.25, 0.3) is 0 Å². The van der Waals surface area contributed by atoms with Crippen LogP contribution in [-0.2, 0) is 13.6 Å². The summed E-state index contributed by atoms with van der Waals surface area (Å²) in [5.41, 5.74) is 1.34. The molecule has 0 saturated heterocycles. The van der Waals surface area contributed by atoms with E-state index in [0.717, 1.165) is 12.0 Å². The fraction of sp³-hybridized carbons (Fsp3) is 0.250. The third-order valence-corrected chi connectivity index (χ3v) is 1.85. The van der Waals surface area contributed by atoms with Gasteiger partial charge in [0.2, 0.25) is 0 Å². The summed E-state index contributed by atoms with van der Waals surface area (Å²) in [6.07, 6.45) is 5.68. The molecule has 6 heteroatoms. The van der Waals surface area contributed by atoms with Gasteiger partial charge >= 0.3 is 0 Å². The lowest BCUT2D eigenvalue weighted by molar-refractivity contribution is 0.111. The highest BCUT2D eigenvalue weighted by molar-refractivity contribution is 5.71. The molecule has 0 fully saturated rings. The van der Waals surface area contributed by atoms with Crippen molar-refractivity contribution in [3.8, 4) is 0 Å². The summed E-state index contributed by atoms with van der Waals surface area (Å²) < 4.78 is 3.34. The van der Waals surface area contributed by atoms with Crippen molar-refractivity contribution in [2.75, 3.05) is 0 Å². The molecule has 0 atom stereocenters. The molecule has 0 saturated carbocycles. The number of imidazole rings is 1. The predicted molar refractivity (Wildman–Crippen MR) is 47.7 cm³/mol. The normalized spacial score (nSPS) is 10.4. The number of aldehydes is 1. The highest BCUT2D eigenvalue weighted by Gasteiger charge is 2.03. The van der Waals surface area contributed by atoms with E-state index in [2.05, 4.69) is 15.3 Å². The van der Waals surface area contributed by atoms with Crippen molar-refractivity contribution in [1.82, 2.24) is 24.5 Å². The Hall–Kier alpha value is -1.98. The quantitative estimate of drug-likeness (QED) is 0.634. The Labute approximate surface area is 80.2 Å². The van der Waals surface area contributed by atoms with Crippen LogP contribution in [0.3, 0.4) is 0 Å². The molecule has 0 radical (unpaired) electrons. The van der Waals surface area contributed by atoms with Crippen LogP contribution in [-0.4, -0.2) is 30.8 Å². The summed E-state index contributed by atoms with van der Waals surface area (Å²) in [5, 5.41) is 7.71. The van der Waals surface area contributed by atoms with Gasteiger partial charge in [0.15, 0.2) is 6.29 Å². The van der Waals surface area contributed by atoms with Gasteiger partial charge in [0.1, 0.15) is 11.4 Å². The SMILES string of the molecule is Cn1cc(Cn2cncc2C=O)nn1. The van der Waals surface area contributed by atoms with Crippen LogP contribution in [0.5, 0.6) is 0 Å². The Bertz CT molecular complexity index is 444. The van der Waals surface area contributed by atoms with Gasteiger partial charge in [-0.2, -0.15) is 0 Å². The molecule has 0 aliphatic rings. The molecule has 0 spiro atoms. The lowest BCUT2D eigenvalue weighted by Crippen LogP contribution is -2.02. The molecule has 14 heavy (non-hydrogen) atoms. The number of hydrogen-bond acceptors (Lipinski definition) is 4. The summed E-state index contributed by atoms with van der Waals surface area (Å²) in [6, 6.07) is 0. The fourth-order valence-electron chi connectivity index (χ4n) is 1.20. The van der Waals surface area contributed by atoms with Gasteiger partial charge in [0.05, 0.1) is 19.1 Å². The number of aromatic nitrogens is 5. The molecule has 2 heterocycles. The molecule has 6 nitrogen and oxygen atoms in total. The number of nitrogens with zero attached hydrogens (tertiary/aromatic N) is 5. The number of hydrogen-bond donors (Lipinski definition) is 0. The minimum absolute atomic E-state index is 0.516. The first-order valence-corrected chi connectivity index (χ1v) is 4.10. The highest BCUT2D eigenvalue weighted by atomic mass is 16.1. The molecule has 2 aromatic rings. The second-order valence-corrected chi connectivity index (χ2v) is 2.95. The molecule has 0 aromatic carbocycles. The molecule has 0 bridgehead atoms. The van der Waals surface area contributed by atoms with Crippen LogP contribution in [0.2, 0.25) is 0 Å². The maximum atomic E-state index is 10.6. The summed E-state index contributed by atoms with van der Waals surface area (Å²) in [6.45, 7) is 0.516. The topological polar surface area (TPSA) is 65.6 Å². The molecule has 2 aromatic heterocycles. The molecule has 0 aliphatic heterocycles. The van der Waals surface area contributed by atoms with E-state index in [0.29, 0.717) is 12.2 Å². The standard InChI is InChI=1S/C8H9N5O/c1-12-3-7(10-11-12)4-13-6-9-2-8(13)5-14/h2-3,5-6H,4H2,1H3. The molecular weight excluding hydrogens is 182 g/mol. The average molecular weight is 191 g/mol. The Morgan fingerprint density at radius 1 is 1.57 bits per heavy atom. The summed E-state index contributed by atoms with van der Waals surface area (Å²) in [4.78, 5) is 14.5. The van der Waals surface area contributed by atoms with Gasteiger partial charge in [-0.25, -0.2) is 4.98 Å². The van der Waals surface area contributed by atoms with E-state index in [4.69, 9.17) is 0 Å². The van der Waals surface area contributed by atoms with Crippen LogP contribution < -0.4 is 0 Å². The second kappa shape index (κ2) is 3.41. The Morgan fingerprint density at radius 3 is 3.07 bits per heavy atom. The molecule has 0 unspecified atom stereocenters. The monoisotopic (exact) mass is 191 g/mol. The van der Waals surface area contributed by atoms with E-state index in [1.165, 1.54) is 6.20 Å². The van der Waals surface area contributed by atoms with Gasteiger partial charge in [-0.15, -0.1) is 5.10 Å². The lowest BCUT2D eigenvalue weighted by atomic mass is 10.4. The zero-order chi connectivity index (χ0) is 9.97. The van der Waals surface area contributed by atoms with Crippen molar-refractivity contribution in [3.05, 3.63) is 30.1 Å². The smallest absolute Gasteiger partial charge is 0.168 e. The molecule has 2 rings (SSSR count). The van der Waals surface area contributed by atoms with Crippen molar-refractivity contribution in [2.24, 2.45) is 7.05 Å². The lowest BCUT2D eigenvalue weighted by Gasteiger charge is -1.98. The van der Waals surface area contributed by atoms with Gasteiger partial charge in [0, 0.05) is 13.2 Å². The van der Waals surface area contributed by atoms with Gasteiger partial charge < -0.3 is 4.57 Å². The third-order valence-electron chi connectivity index (χ3n) is 1.85. The third kappa shape index (κ3) is 1.54. The maximum Gasteiger partial charge on any atom is 0.168 e. The van der Waals surface area contributed by atoms with Crippen molar-refractivity contribution < 1.29 is 4.79 Å². The van der Waals surface area contributed by atoms with E-state index < -0.39 is 0 Å². The van der Waals surface area contributed by atoms with Gasteiger partial charge in [0.25, 0.3) is 0 Å². The first-order valence-electron chi connectivity index (χ1n) is 4.10. The first-order chi connectivity index (χ1) is 6.79. The molecule has 0 N–H and O–H groups in total. The van der Waals surface area contributed by atoms with Crippen LogP contribution in [0.15, 0.2) is 18.7 Å². The van der Waals surface area contributed by atoms with Crippen molar-refractivity contribution in [2.45, 2.75) is 6.54 Å².